The Hall–Kier alpha value is -1.25. The number of hydrogen-bond acceptors (Lipinski definition) is 7. The maximum Gasteiger partial charge on any atom is 0.339 e. The molecule has 7 nitrogen and oxygen atoms in total. The highest BCUT2D eigenvalue weighted by Crippen LogP contribution is 2.17. The third-order valence-electron chi connectivity index (χ3n) is 2.23. The van der Waals surface area contributed by atoms with Crippen LogP contribution in [0.1, 0.15) is 6.92 Å². The summed E-state index contributed by atoms with van der Waals surface area (Å²) in [5, 5.41) is 26.2. The van der Waals surface area contributed by atoms with Crippen LogP contribution < -0.4 is 0 Å². The molecule has 3 N–H and O–H groups in total. The van der Waals surface area contributed by atoms with E-state index in [1.807, 2.05) is 0 Å². The molecule has 0 radical (unpaired) electrons. The van der Waals surface area contributed by atoms with E-state index in [1.165, 1.54) is 6.08 Å². The maximum absolute atomic E-state index is 11.9. The lowest BCUT2D eigenvalue weighted by atomic mass is 10.1. The molecular formula is C13H22O7. The SMILES string of the molecule is C=CC(C)=C(C(=O)OCCO)C(OCCO)OCCO. The van der Waals surface area contributed by atoms with Crippen LogP contribution in [0.15, 0.2) is 23.8 Å². The van der Waals surface area contributed by atoms with Crippen molar-refractivity contribution in [3.63, 3.8) is 0 Å². The molecule has 0 unspecified atom stereocenters. The predicted molar refractivity (Wildman–Crippen MR) is 70.8 cm³/mol. The van der Waals surface area contributed by atoms with E-state index in [2.05, 4.69) is 6.58 Å². The van der Waals surface area contributed by atoms with Gasteiger partial charge in [0.25, 0.3) is 0 Å². The lowest BCUT2D eigenvalue weighted by Gasteiger charge is -2.21. The molecule has 0 fully saturated rings. The van der Waals surface area contributed by atoms with Crippen LogP contribution in [0, 0.1) is 0 Å². The minimum Gasteiger partial charge on any atom is -0.460 e. The van der Waals surface area contributed by atoms with Gasteiger partial charge >= 0.3 is 5.97 Å². The van der Waals surface area contributed by atoms with Crippen molar-refractivity contribution in [3.05, 3.63) is 23.8 Å². The van der Waals surface area contributed by atoms with Crippen LogP contribution in [0.3, 0.4) is 0 Å². The molecule has 0 atom stereocenters. The first kappa shape index (κ1) is 18.8. The highest BCUT2D eigenvalue weighted by atomic mass is 16.7. The molecule has 0 aliphatic carbocycles. The summed E-state index contributed by atoms with van der Waals surface area (Å²) >= 11 is 0. The summed E-state index contributed by atoms with van der Waals surface area (Å²) in [6, 6.07) is 0. The Morgan fingerprint density at radius 3 is 2.00 bits per heavy atom. The zero-order valence-electron chi connectivity index (χ0n) is 11.6. The van der Waals surface area contributed by atoms with Gasteiger partial charge in [-0.2, -0.15) is 0 Å². The van der Waals surface area contributed by atoms with Gasteiger partial charge in [0, 0.05) is 0 Å². The molecular weight excluding hydrogens is 268 g/mol. The molecule has 7 heteroatoms. The zero-order valence-corrected chi connectivity index (χ0v) is 11.6. The van der Waals surface area contributed by atoms with Crippen LogP contribution in [0.25, 0.3) is 0 Å². The van der Waals surface area contributed by atoms with Gasteiger partial charge in [0.15, 0.2) is 6.29 Å². The summed E-state index contributed by atoms with van der Waals surface area (Å²) in [6.45, 7) is 4.16. The molecule has 0 amide bonds. The van der Waals surface area contributed by atoms with Crippen molar-refractivity contribution >= 4 is 5.97 Å². The third kappa shape index (κ3) is 6.78. The largest absolute Gasteiger partial charge is 0.460 e. The van der Waals surface area contributed by atoms with Crippen molar-refractivity contribution < 1.29 is 34.3 Å². The van der Waals surface area contributed by atoms with Crippen LogP contribution in [-0.4, -0.2) is 67.2 Å². The number of carbonyl (C=O) groups excluding carboxylic acids is 1. The van der Waals surface area contributed by atoms with Gasteiger partial charge in [-0.3, -0.25) is 0 Å². The predicted octanol–water partition coefficient (Wildman–Crippen LogP) is -0.632. The second-order valence-corrected chi connectivity index (χ2v) is 3.68. The van der Waals surface area contributed by atoms with Crippen LogP contribution in [0.2, 0.25) is 0 Å². The minimum atomic E-state index is -1.08. The van der Waals surface area contributed by atoms with E-state index in [0.717, 1.165) is 0 Å². The fraction of sp³-hybridized carbons (Fsp3) is 0.615. The number of esters is 1. The third-order valence-corrected chi connectivity index (χ3v) is 2.23. The molecule has 0 heterocycles. The van der Waals surface area contributed by atoms with Crippen molar-refractivity contribution in [3.8, 4) is 0 Å². The van der Waals surface area contributed by atoms with Crippen molar-refractivity contribution in [2.24, 2.45) is 0 Å². The van der Waals surface area contributed by atoms with Crippen LogP contribution >= 0.6 is 0 Å². The highest BCUT2D eigenvalue weighted by Gasteiger charge is 2.25. The van der Waals surface area contributed by atoms with E-state index in [4.69, 9.17) is 29.5 Å². The summed E-state index contributed by atoms with van der Waals surface area (Å²) in [5.74, 6) is -0.711. The number of ether oxygens (including phenoxy) is 3. The average molecular weight is 290 g/mol. The van der Waals surface area contributed by atoms with E-state index in [0.29, 0.717) is 5.57 Å². The minimum absolute atomic E-state index is 0.0443. The van der Waals surface area contributed by atoms with E-state index >= 15 is 0 Å². The van der Waals surface area contributed by atoms with Gasteiger partial charge in [0.1, 0.15) is 6.61 Å². The zero-order chi connectivity index (χ0) is 15.4. The van der Waals surface area contributed by atoms with Crippen molar-refractivity contribution in [1.82, 2.24) is 0 Å². The maximum atomic E-state index is 11.9. The molecule has 0 saturated heterocycles. The topological polar surface area (TPSA) is 105 Å². The van der Waals surface area contributed by atoms with Gasteiger partial charge in [-0.15, -0.1) is 0 Å². The number of allylic oxidation sites excluding steroid dienone is 2. The molecule has 0 aliphatic rings. The lowest BCUT2D eigenvalue weighted by molar-refractivity contribution is -0.156. The second-order valence-electron chi connectivity index (χ2n) is 3.68. The van der Waals surface area contributed by atoms with Crippen LogP contribution in [-0.2, 0) is 19.0 Å². The highest BCUT2D eigenvalue weighted by molar-refractivity contribution is 5.90. The normalized spacial score (nSPS) is 12.2. The molecule has 0 bridgehead atoms. The van der Waals surface area contributed by atoms with Gasteiger partial charge in [-0.1, -0.05) is 12.7 Å². The summed E-state index contributed by atoms with van der Waals surface area (Å²) in [5.41, 5.74) is 0.559. The average Bonchev–Trinajstić information content (AvgIpc) is 2.47. The number of rotatable bonds is 11. The van der Waals surface area contributed by atoms with Crippen molar-refractivity contribution in [2.75, 3.05) is 39.6 Å². The van der Waals surface area contributed by atoms with Crippen molar-refractivity contribution in [2.45, 2.75) is 13.2 Å². The molecule has 0 saturated carbocycles. The number of hydrogen-bond donors (Lipinski definition) is 3. The van der Waals surface area contributed by atoms with E-state index in [9.17, 15) is 4.79 Å². The molecule has 0 aromatic carbocycles. The van der Waals surface area contributed by atoms with E-state index < -0.39 is 12.3 Å². The molecule has 20 heavy (non-hydrogen) atoms. The van der Waals surface area contributed by atoms with E-state index in [-0.39, 0.29) is 45.2 Å². The molecule has 0 spiro atoms. The van der Waals surface area contributed by atoms with E-state index in [1.54, 1.807) is 6.92 Å². The van der Waals surface area contributed by atoms with Gasteiger partial charge in [0.2, 0.25) is 0 Å². The van der Waals surface area contributed by atoms with Gasteiger partial charge in [0.05, 0.1) is 38.6 Å². The van der Waals surface area contributed by atoms with Crippen molar-refractivity contribution in [1.29, 1.82) is 0 Å². The quantitative estimate of drug-likeness (QED) is 0.201. The Bertz CT molecular complexity index is 317. The smallest absolute Gasteiger partial charge is 0.339 e. The lowest BCUT2D eigenvalue weighted by Crippen LogP contribution is -2.29. The first-order valence-electron chi connectivity index (χ1n) is 6.18. The standard InChI is InChI=1S/C13H22O7/c1-3-10(2)11(12(17)18-7-4-14)13(19-8-5-15)20-9-6-16/h3,13-16H,1,4-9H2,2H3. The van der Waals surface area contributed by atoms with Crippen LogP contribution in [0.4, 0.5) is 0 Å². The summed E-state index contributed by atoms with van der Waals surface area (Å²) in [4.78, 5) is 11.9. The molecule has 0 aliphatic heterocycles. The fourth-order valence-electron chi connectivity index (χ4n) is 1.30. The van der Waals surface area contributed by atoms with Gasteiger partial charge < -0.3 is 29.5 Å². The molecule has 0 aromatic heterocycles. The van der Waals surface area contributed by atoms with Gasteiger partial charge in [-0.05, 0) is 12.5 Å². The Morgan fingerprint density at radius 1 is 1.10 bits per heavy atom. The Morgan fingerprint density at radius 2 is 1.60 bits per heavy atom. The number of carbonyl (C=O) groups is 1. The number of aliphatic hydroxyl groups excluding tert-OH is 3. The Balaban J connectivity index is 5.09. The van der Waals surface area contributed by atoms with Gasteiger partial charge in [-0.25, -0.2) is 4.79 Å². The fourth-order valence-corrected chi connectivity index (χ4v) is 1.30. The molecule has 0 rings (SSSR count). The second kappa shape index (κ2) is 11.6. The summed E-state index contributed by atoms with van der Waals surface area (Å²) in [7, 11) is 0. The summed E-state index contributed by atoms with van der Waals surface area (Å²) in [6.07, 6.45) is 0.353. The summed E-state index contributed by atoms with van der Waals surface area (Å²) < 4.78 is 15.3. The van der Waals surface area contributed by atoms with Crippen LogP contribution in [0.5, 0.6) is 0 Å². The first-order chi connectivity index (χ1) is 9.62. The molecule has 116 valence electrons. The first-order valence-corrected chi connectivity index (χ1v) is 6.18. The number of aliphatic hydroxyl groups is 3. The molecule has 0 aromatic rings. The Kier molecular flexibility index (Phi) is 10.8. The monoisotopic (exact) mass is 290 g/mol. The Labute approximate surface area is 118 Å².